The van der Waals surface area contributed by atoms with Crippen LogP contribution >= 0.6 is 93.7 Å². The Morgan fingerprint density at radius 2 is 0.684 bits per heavy atom. The summed E-state index contributed by atoms with van der Waals surface area (Å²) in [4.78, 5) is 44.5. The first kappa shape index (κ1) is 40.8. The summed E-state index contributed by atoms with van der Waals surface area (Å²) < 4.78 is 19.5. The van der Waals surface area contributed by atoms with E-state index in [2.05, 4.69) is 50.5 Å². The molecule has 0 aromatic heterocycles. The number of hydrogen-bond donors (Lipinski definition) is 4. The van der Waals surface area contributed by atoms with Crippen molar-refractivity contribution in [1.82, 2.24) is 0 Å². The van der Waals surface area contributed by atoms with Gasteiger partial charge in [0, 0.05) is 58.9 Å². The molecule has 0 fully saturated rings. The van der Waals surface area contributed by atoms with Crippen LogP contribution < -0.4 is 0 Å². The summed E-state index contributed by atoms with van der Waals surface area (Å²) >= 11 is 15.8. The lowest BCUT2D eigenvalue weighted by atomic mass is 10.3. The summed E-state index contributed by atoms with van der Waals surface area (Å²) in [6.45, 7) is 1.48. The molecule has 0 aliphatic rings. The lowest BCUT2D eigenvalue weighted by Crippen LogP contribution is -2.08. The van der Waals surface area contributed by atoms with Crippen LogP contribution in [0.5, 0.6) is 0 Å². The van der Waals surface area contributed by atoms with Crippen molar-refractivity contribution in [1.29, 1.82) is 0 Å². The number of esters is 4. The van der Waals surface area contributed by atoms with Gasteiger partial charge in [0.05, 0.1) is 12.8 Å². The van der Waals surface area contributed by atoms with Crippen LogP contribution in [0.15, 0.2) is 0 Å². The molecular weight excluding hydrogens is 649 g/mol. The maximum atomic E-state index is 11.2. The zero-order chi connectivity index (χ0) is 28.7. The maximum Gasteiger partial charge on any atom is 0.306 e. The SMILES string of the molecule is O=C(CCCSSCCCC(=O)OCCS)OCCS.O=C(CCSSCCC(=O)OCCS)OCCS. The van der Waals surface area contributed by atoms with E-state index in [-0.39, 0.29) is 23.9 Å². The minimum absolute atomic E-state index is 0.156. The highest BCUT2D eigenvalue weighted by molar-refractivity contribution is 8.77. The average molecular weight is 689 g/mol. The number of ether oxygens (including phenoxy) is 4. The van der Waals surface area contributed by atoms with Gasteiger partial charge >= 0.3 is 23.9 Å². The largest absolute Gasteiger partial charge is 0.465 e. The summed E-state index contributed by atoms with van der Waals surface area (Å²) in [7, 11) is 6.55. The van der Waals surface area contributed by atoms with E-state index in [0.717, 1.165) is 24.3 Å². The molecule has 38 heavy (non-hydrogen) atoms. The Hall–Kier alpha value is 0.680. The van der Waals surface area contributed by atoms with Gasteiger partial charge in [0.15, 0.2) is 0 Å². The number of thiol groups is 4. The Morgan fingerprint density at radius 3 is 0.974 bits per heavy atom. The number of carbonyl (C=O) groups is 4. The predicted molar refractivity (Wildman–Crippen MR) is 177 cm³/mol. The topological polar surface area (TPSA) is 105 Å². The molecule has 224 valence electrons. The Kier molecular flexibility index (Phi) is 36.4. The first-order valence-electron chi connectivity index (χ1n) is 12.0. The second-order valence-corrected chi connectivity index (χ2v) is 14.0. The third-order valence-corrected chi connectivity index (χ3v) is 9.30. The van der Waals surface area contributed by atoms with Crippen molar-refractivity contribution < 1.29 is 38.1 Å². The van der Waals surface area contributed by atoms with Gasteiger partial charge in [-0.1, -0.05) is 43.2 Å². The van der Waals surface area contributed by atoms with Crippen LogP contribution in [0.3, 0.4) is 0 Å². The molecule has 0 rings (SSSR count). The molecule has 0 aliphatic heterocycles. The minimum atomic E-state index is -0.203. The highest BCUT2D eigenvalue weighted by Crippen LogP contribution is 2.24. The predicted octanol–water partition coefficient (Wildman–Crippen LogP) is 4.97. The fraction of sp³-hybridized carbons (Fsp3) is 0.818. The van der Waals surface area contributed by atoms with Crippen LogP contribution in [-0.4, -0.2) is 96.3 Å². The molecule has 0 aromatic carbocycles. The molecule has 0 saturated carbocycles. The van der Waals surface area contributed by atoms with E-state index in [0.29, 0.717) is 86.6 Å². The third kappa shape index (κ3) is 34.7. The van der Waals surface area contributed by atoms with E-state index in [4.69, 9.17) is 18.9 Å². The summed E-state index contributed by atoms with van der Waals surface area (Å²) in [5, 5.41) is 0. The molecule has 0 aromatic rings. The zero-order valence-corrected chi connectivity index (χ0v) is 28.3. The lowest BCUT2D eigenvalue weighted by molar-refractivity contribution is -0.143. The Balaban J connectivity index is 0. The molecule has 0 spiro atoms. The summed E-state index contributed by atoms with van der Waals surface area (Å²) in [5.74, 6) is 4.67. The van der Waals surface area contributed by atoms with Gasteiger partial charge in [0.2, 0.25) is 0 Å². The number of hydrogen-bond acceptors (Lipinski definition) is 16. The molecule has 0 aliphatic carbocycles. The molecule has 8 nitrogen and oxygen atoms in total. The molecule has 0 saturated heterocycles. The van der Waals surface area contributed by atoms with E-state index in [1.165, 1.54) is 0 Å². The van der Waals surface area contributed by atoms with Crippen LogP contribution in [0.1, 0.15) is 38.5 Å². The average Bonchev–Trinajstić information content (AvgIpc) is 2.91. The number of rotatable bonds is 24. The monoisotopic (exact) mass is 688 g/mol. The van der Waals surface area contributed by atoms with Gasteiger partial charge in [0.1, 0.15) is 26.4 Å². The second-order valence-electron chi connectivity index (χ2n) is 6.77. The lowest BCUT2D eigenvalue weighted by Gasteiger charge is -2.03. The molecule has 0 heterocycles. The van der Waals surface area contributed by atoms with E-state index in [1.54, 1.807) is 43.2 Å². The fourth-order valence-electron chi connectivity index (χ4n) is 1.96. The molecule has 0 atom stereocenters. The Bertz CT molecular complexity index is 552. The second kappa shape index (κ2) is 33.9. The van der Waals surface area contributed by atoms with Gasteiger partial charge in [-0.25, -0.2) is 0 Å². The first-order valence-corrected chi connectivity index (χ1v) is 19.5. The van der Waals surface area contributed by atoms with Crippen LogP contribution in [-0.2, 0) is 38.1 Å². The third-order valence-electron chi connectivity index (χ3n) is 3.58. The minimum Gasteiger partial charge on any atom is -0.465 e. The summed E-state index contributed by atoms with van der Waals surface area (Å²) in [5.41, 5.74) is 0. The van der Waals surface area contributed by atoms with Crippen LogP contribution in [0.25, 0.3) is 0 Å². The van der Waals surface area contributed by atoms with E-state index < -0.39 is 0 Å². The summed E-state index contributed by atoms with van der Waals surface area (Å²) in [6, 6.07) is 0. The molecule has 0 radical (unpaired) electrons. The molecular formula is C22H40O8S8. The van der Waals surface area contributed by atoms with Gasteiger partial charge in [-0.15, -0.1) is 0 Å². The highest BCUT2D eigenvalue weighted by atomic mass is 33.1. The number of carbonyl (C=O) groups excluding carboxylic acids is 4. The maximum absolute atomic E-state index is 11.2. The van der Waals surface area contributed by atoms with Crippen LogP contribution in [0.4, 0.5) is 0 Å². The Morgan fingerprint density at radius 1 is 0.421 bits per heavy atom. The molecule has 0 amide bonds. The van der Waals surface area contributed by atoms with Crippen LogP contribution in [0.2, 0.25) is 0 Å². The normalized spacial score (nSPS) is 10.2. The highest BCUT2D eigenvalue weighted by Gasteiger charge is 2.05. The van der Waals surface area contributed by atoms with Crippen molar-refractivity contribution in [2.75, 3.05) is 72.5 Å². The Labute approximate surface area is 264 Å². The van der Waals surface area contributed by atoms with Gasteiger partial charge in [-0.05, 0) is 12.8 Å². The molecule has 0 bridgehead atoms. The van der Waals surface area contributed by atoms with E-state index >= 15 is 0 Å². The quantitative estimate of drug-likeness (QED) is 0.0362. The summed E-state index contributed by atoms with van der Waals surface area (Å²) in [6.07, 6.45) is 3.31. The van der Waals surface area contributed by atoms with Gasteiger partial charge in [-0.3, -0.25) is 19.2 Å². The smallest absolute Gasteiger partial charge is 0.306 e. The first-order chi connectivity index (χ1) is 18.4. The molecule has 0 N–H and O–H groups in total. The van der Waals surface area contributed by atoms with Crippen molar-refractivity contribution >= 4 is 118 Å². The van der Waals surface area contributed by atoms with Gasteiger partial charge < -0.3 is 18.9 Å². The fourth-order valence-corrected chi connectivity index (χ4v) is 6.45. The van der Waals surface area contributed by atoms with Gasteiger partial charge in [-0.2, -0.15) is 50.5 Å². The van der Waals surface area contributed by atoms with E-state index in [1.807, 2.05) is 0 Å². The molecule has 16 heteroatoms. The van der Waals surface area contributed by atoms with Crippen molar-refractivity contribution in [2.45, 2.75) is 38.5 Å². The van der Waals surface area contributed by atoms with Crippen LogP contribution in [0, 0.1) is 0 Å². The van der Waals surface area contributed by atoms with Crippen molar-refractivity contribution in [3.8, 4) is 0 Å². The van der Waals surface area contributed by atoms with Crippen molar-refractivity contribution in [3.63, 3.8) is 0 Å². The standard InChI is InChI=1S/C12H22O4S4.C10H18O4S4/c13-11(15-5-7-17)3-1-9-19-20-10-2-4-12(14)16-6-8-18;11-9(13-3-5-15)1-7-17-18-8-2-10(12)14-4-6-16/h17-18H,1-10H2;15-16H,1-8H2. The van der Waals surface area contributed by atoms with E-state index in [9.17, 15) is 19.2 Å². The van der Waals surface area contributed by atoms with Crippen molar-refractivity contribution in [2.24, 2.45) is 0 Å². The van der Waals surface area contributed by atoms with Crippen molar-refractivity contribution in [3.05, 3.63) is 0 Å². The zero-order valence-electron chi connectivity index (χ0n) is 21.4. The van der Waals surface area contributed by atoms with Gasteiger partial charge in [0.25, 0.3) is 0 Å². The molecule has 0 unspecified atom stereocenters.